The van der Waals surface area contributed by atoms with Gasteiger partial charge in [0.2, 0.25) is 5.88 Å². The van der Waals surface area contributed by atoms with Gasteiger partial charge in [-0.2, -0.15) is 0 Å². The highest BCUT2D eigenvalue weighted by atomic mass is 79.9. The third-order valence-electron chi connectivity index (χ3n) is 6.45. The fourth-order valence-corrected chi connectivity index (χ4v) is 5.07. The van der Waals surface area contributed by atoms with Crippen LogP contribution in [-0.2, 0) is 6.54 Å². The van der Waals surface area contributed by atoms with E-state index in [2.05, 4.69) is 59.7 Å². The predicted octanol–water partition coefficient (Wildman–Crippen LogP) is 4.88. The molecule has 2 aliphatic heterocycles. The van der Waals surface area contributed by atoms with Crippen molar-refractivity contribution >= 4 is 38.9 Å². The Balaban J connectivity index is 1.33. The molecule has 2 N–H and O–H groups in total. The number of rotatable bonds is 7. The van der Waals surface area contributed by atoms with Gasteiger partial charge in [0.05, 0.1) is 20.9 Å². The van der Waals surface area contributed by atoms with Crippen LogP contribution in [0.3, 0.4) is 0 Å². The van der Waals surface area contributed by atoms with E-state index < -0.39 is 0 Å². The van der Waals surface area contributed by atoms with E-state index in [1.165, 1.54) is 19.3 Å². The monoisotopic (exact) mass is 520 g/mol. The number of hydrazine groups is 2. The second kappa shape index (κ2) is 9.73. The molecule has 0 radical (unpaired) electrons. The van der Waals surface area contributed by atoms with E-state index in [1.807, 2.05) is 12.1 Å². The molecule has 1 aromatic carbocycles. The number of halogens is 2. The van der Waals surface area contributed by atoms with Crippen molar-refractivity contribution in [2.75, 3.05) is 49.7 Å². The molecule has 0 spiro atoms. The second-order valence-electron chi connectivity index (χ2n) is 8.85. The summed E-state index contributed by atoms with van der Waals surface area (Å²) in [6.45, 7) is 9.48. The van der Waals surface area contributed by atoms with Crippen LogP contribution in [0.5, 0.6) is 11.6 Å². The van der Waals surface area contributed by atoms with Crippen molar-refractivity contribution in [2.45, 2.75) is 32.7 Å². The summed E-state index contributed by atoms with van der Waals surface area (Å²) in [7, 11) is 0. The summed E-state index contributed by atoms with van der Waals surface area (Å²) in [6, 6.07) is 6.07. The van der Waals surface area contributed by atoms with Crippen LogP contribution < -0.4 is 20.7 Å². The standard InChI is InChI=1S/C23H30BrClN6O/c1-2-29-8-3-9-30(11-10-29)15-17-12-18(25)13-26-23(17)32-20-7-6-19-22(21(20)24)27-28-31(19)14-16-4-5-16/h6-7,12-13,16,27-28H,2-5,8-11,14-15H2,1H3. The number of nitrogens with zero attached hydrogens (tertiary/aromatic N) is 4. The molecule has 3 heterocycles. The van der Waals surface area contributed by atoms with Crippen molar-refractivity contribution in [1.82, 2.24) is 20.3 Å². The second-order valence-corrected chi connectivity index (χ2v) is 10.1. The van der Waals surface area contributed by atoms with E-state index in [1.54, 1.807) is 6.20 Å². The van der Waals surface area contributed by atoms with Gasteiger partial charge in [0.1, 0.15) is 5.75 Å². The van der Waals surface area contributed by atoms with E-state index in [0.29, 0.717) is 10.9 Å². The Morgan fingerprint density at radius 3 is 2.81 bits per heavy atom. The lowest BCUT2D eigenvalue weighted by Crippen LogP contribution is -2.37. The first kappa shape index (κ1) is 22.2. The highest BCUT2D eigenvalue weighted by molar-refractivity contribution is 9.10. The fourth-order valence-electron chi connectivity index (χ4n) is 4.37. The van der Waals surface area contributed by atoms with Crippen LogP contribution in [0, 0.1) is 5.92 Å². The van der Waals surface area contributed by atoms with Gasteiger partial charge in [-0.05, 0) is 78.9 Å². The highest BCUT2D eigenvalue weighted by Crippen LogP contribution is 2.44. The average molecular weight is 522 g/mol. The molecule has 2 fully saturated rings. The summed E-state index contributed by atoms with van der Waals surface area (Å²) in [6.07, 6.45) is 5.45. The Bertz CT molecular complexity index is 972. The fraction of sp³-hybridized carbons (Fsp3) is 0.522. The number of aromatic nitrogens is 1. The average Bonchev–Trinajstić information content (AvgIpc) is 3.55. The van der Waals surface area contributed by atoms with E-state index in [9.17, 15) is 0 Å². The molecule has 2 aromatic rings. The number of hydrogen-bond donors (Lipinski definition) is 2. The maximum Gasteiger partial charge on any atom is 0.223 e. The molecule has 0 unspecified atom stereocenters. The van der Waals surface area contributed by atoms with E-state index >= 15 is 0 Å². The first-order chi connectivity index (χ1) is 15.6. The number of fused-ring (bicyclic) bond motifs is 1. The molecule has 0 amide bonds. The Kier molecular flexibility index (Phi) is 6.76. The van der Waals surface area contributed by atoms with Gasteiger partial charge in [-0.15, -0.1) is 5.53 Å². The van der Waals surface area contributed by atoms with Crippen molar-refractivity contribution in [1.29, 1.82) is 0 Å². The molecular weight excluding hydrogens is 492 g/mol. The van der Waals surface area contributed by atoms with Gasteiger partial charge in [0.25, 0.3) is 0 Å². The normalized spacial score (nSPS) is 19.5. The largest absolute Gasteiger partial charge is 0.437 e. The van der Waals surface area contributed by atoms with Gasteiger partial charge >= 0.3 is 0 Å². The maximum atomic E-state index is 6.32. The summed E-state index contributed by atoms with van der Waals surface area (Å²) >= 11 is 10.0. The predicted molar refractivity (Wildman–Crippen MR) is 132 cm³/mol. The lowest BCUT2D eigenvalue weighted by Gasteiger charge is -2.22. The number of pyridine rings is 1. The van der Waals surface area contributed by atoms with Gasteiger partial charge in [-0.1, -0.05) is 18.5 Å². The molecular formula is C23H30BrClN6O. The quantitative estimate of drug-likeness (QED) is 0.539. The summed E-state index contributed by atoms with van der Waals surface area (Å²) in [5.41, 5.74) is 9.68. The summed E-state index contributed by atoms with van der Waals surface area (Å²) < 4.78 is 7.21. The number of benzene rings is 1. The molecule has 1 aliphatic carbocycles. The van der Waals surface area contributed by atoms with Gasteiger partial charge in [0.15, 0.2) is 0 Å². The van der Waals surface area contributed by atoms with Crippen LogP contribution in [-0.4, -0.2) is 54.1 Å². The Morgan fingerprint density at radius 1 is 1.19 bits per heavy atom. The van der Waals surface area contributed by atoms with Gasteiger partial charge < -0.3 is 15.1 Å². The molecule has 7 nitrogen and oxygen atoms in total. The minimum absolute atomic E-state index is 0.604. The van der Waals surface area contributed by atoms with E-state index in [-0.39, 0.29) is 0 Å². The zero-order valence-electron chi connectivity index (χ0n) is 18.4. The van der Waals surface area contributed by atoms with Crippen LogP contribution in [0.25, 0.3) is 0 Å². The third kappa shape index (κ3) is 4.99. The summed E-state index contributed by atoms with van der Waals surface area (Å²) in [4.78, 5) is 9.50. The zero-order chi connectivity index (χ0) is 22.1. The molecule has 3 aliphatic rings. The molecule has 172 valence electrons. The van der Waals surface area contributed by atoms with Gasteiger partial charge in [-0.25, -0.2) is 4.98 Å². The zero-order valence-corrected chi connectivity index (χ0v) is 20.8. The van der Waals surface area contributed by atoms with Crippen LogP contribution in [0.2, 0.25) is 5.02 Å². The molecule has 32 heavy (non-hydrogen) atoms. The number of anilines is 2. The molecule has 1 aromatic heterocycles. The van der Waals surface area contributed by atoms with Crippen LogP contribution in [0.4, 0.5) is 11.4 Å². The Morgan fingerprint density at radius 2 is 2.00 bits per heavy atom. The van der Waals surface area contributed by atoms with Crippen molar-refractivity contribution in [3.63, 3.8) is 0 Å². The molecule has 1 saturated heterocycles. The minimum atomic E-state index is 0.604. The maximum absolute atomic E-state index is 6.32. The molecule has 5 rings (SSSR count). The van der Waals surface area contributed by atoms with Gasteiger partial charge in [-0.3, -0.25) is 9.91 Å². The number of likely N-dealkylation sites (N-methyl/N-ethyl adjacent to an activating group) is 1. The molecule has 1 saturated carbocycles. The van der Waals surface area contributed by atoms with Crippen LogP contribution in [0.15, 0.2) is 28.9 Å². The number of hydrogen-bond acceptors (Lipinski definition) is 7. The Labute approximate surface area is 203 Å². The number of ether oxygens (including phenoxy) is 1. The van der Waals surface area contributed by atoms with Crippen LogP contribution >= 0.6 is 27.5 Å². The highest BCUT2D eigenvalue weighted by Gasteiger charge is 2.30. The molecule has 0 bridgehead atoms. The summed E-state index contributed by atoms with van der Waals surface area (Å²) in [5, 5.41) is 2.80. The molecule has 9 heteroatoms. The summed E-state index contributed by atoms with van der Waals surface area (Å²) in [5.74, 6) is 2.12. The first-order valence-electron chi connectivity index (χ1n) is 11.5. The van der Waals surface area contributed by atoms with Crippen molar-refractivity contribution < 1.29 is 4.74 Å². The van der Waals surface area contributed by atoms with Crippen molar-refractivity contribution in [3.05, 3.63) is 39.5 Å². The molecule has 0 atom stereocenters. The lowest BCUT2D eigenvalue weighted by molar-refractivity contribution is 0.255. The van der Waals surface area contributed by atoms with E-state index in [0.717, 1.165) is 78.9 Å². The van der Waals surface area contributed by atoms with Crippen LogP contribution in [0.1, 0.15) is 31.7 Å². The first-order valence-corrected chi connectivity index (χ1v) is 12.7. The third-order valence-corrected chi connectivity index (χ3v) is 7.44. The lowest BCUT2D eigenvalue weighted by atomic mass is 10.2. The topological polar surface area (TPSA) is 55.9 Å². The smallest absolute Gasteiger partial charge is 0.223 e. The van der Waals surface area contributed by atoms with Gasteiger partial charge in [0, 0.05) is 37.9 Å². The SMILES string of the molecule is CCN1CCCN(Cc2cc(Cl)cnc2Oc2ccc3c(c2Br)NNN3CC2CC2)CC1. The van der Waals surface area contributed by atoms with Crippen molar-refractivity contribution in [2.24, 2.45) is 5.92 Å². The number of nitrogens with one attached hydrogen (secondary N) is 2. The minimum Gasteiger partial charge on any atom is -0.437 e. The Hall–Kier alpha value is -1.58. The van der Waals surface area contributed by atoms with E-state index in [4.69, 9.17) is 16.3 Å². The van der Waals surface area contributed by atoms with Crippen molar-refractivity contribution in [3.8, 4) is 11.6 Å².